The van der Waals surface area contributed by atoms with Crippen molar-refractivity contribution in [2.45, 2.75) is 26.8 Å². The maximum absolute atomic E-state index is 8.91. The van der Waals surface area contributed by atoms with E-state index in [-0.39, 0.29) is 11.5 Å². The van der Waals surface area contributed by atoms with Crippen molar-refractivity contribution in [3.05, 3.63) is 34.9 Å². The first-order valence-electron chi connectivity index (χ1n) is 5.35. The van der Waals surface area contributed by atoms with Crippen LogP contribution in [0.3, 0.4) is 0 Å². The van der Waals surface area contributed by atoms with Gasteiger partial charge >= 0.3 is 0 Å². The maximum Gasteiger partial charge on any atom is 0.0697 e. The van der Waals surface area contributed by atoms with Crippen molar-refractivity contribution in [2.24, 2.45) is 5.41 Å². The molecule has 0 radical (unpaired) electrons. The Balaban J connectivity index is 2.60. The molecule has 0 bridgehead atoms. The van der Waals surface area contributed by atoms with Crippen molar-refractivity contribution in [1.29, 1.82) is 5.26 Å². The summed E-state index contributed by atoms with van der Waals surface area (Å²) in [5.74, 6) is 0. The largest absolute Gasteiger partial charge is 0.309 e. The molecule has 16 heavy (non-hydrogen) atoms. The summed E-state index contributed by atoms with van der Waals surface area (Å²) < 4.78 is 0. The molecule has 1 aromatic carbocycles. The molecule has 0 saturated heterocycles. The maximum atomic E-state index is 8.91. The molecule has 1 aromatic rings. The Labute approximate surface area is 102 Å². The minimum Gasteiger partial charge on any atom is -0.309 e. The number of hydrogen-bond acceptors (Lipinski definition) is 2. The van der Waals surface area contributed by atoms with Gasteiger partial charge in [-0.15, -0.1) is 0 Å². The molecule has 1 N–H and O–H groups in total. The van der Waals surface area contributed by atoms with Crippen LogP contribution in [-0.4, -0.2) is 6.54 Å². The van der Waals surface area contributed by atoms with E-state index in [1.54, 1.807) is 0 Å². The molecule has 0 aliphatic heterocycles. The minimum atomic E-state index is -0.340. The molecule has 0 heterocycles. The zero-order valence-electron chi connectivity index (χ0n) is 9.92. The summed E-state index contributed by atoms with van der Waals surface area (Å²) in [5.41, 5.74) is 0.800. The molecular weight excluding hydrogens is 220 g/mol. The molecule has 0 aromatic heterocycles. The quantitative estimate of drug-likeness (QED) is 0.868. The van der Waals surface area contributed by atoms with Gasteiger partial charge in [0.05, 0.1) is 11.5 Å². The number of nitrogens with one attached hydrogen (secondary N) is 1. The van der Waals surface area contributed by atoms with Crippen molar-refractivity contribution < 1.29 is 0 Å². The van der Waals surface area contributed by atoms with Gasteiger partial charge in [0.15, 0.2) is 0 Å². The number of rotatable bonds is 4. The van der Waals surface area contributed by atoms with Gasteiger partial charge in [0.1, 0.15) is 0 Å². The van der Waals surface area contributed by atoms with Crippen LogP contribution in [-0.2, 0) is 0 Å². The fourth-order valence-electron chi connectivity index (χ4n) is 1.34. The zero-order chi connectivity index (χ0) is 12.2. The number of nitriles is 1. The van der Waals surface area contributed by atoms with Crippen LogP contribution in [0.15, 0.2) is 24.3 Å². The van der Waals surface area contributed by atoms with Crippen LogP contribution in [0, 0.1) is 16.7 Å². The van der Waals surface area contributed by atoms with Crippen LogP contribution in [0.5, 0.6) is 0 Å². The summed E-state index contributed by atoms with van der Waals surface area (Å²) in [4.78, 5) is 0. The summed E-state index contributed by atoms with van der Waals surface area (Å²) in [5, 5.41) is 13.0. The summed E-state index contributed by atoms with van der Waals surface area (Å²) in [6, 6.07) is 10.2. The fourth-order valence-corrected chi connectivity index (χ4v) is 1.54. The molecule has 0 amide bonds. The second kappa shape index (κ2) is 5.34. The molecule has 86 valence electrons. The van der Waals surface area contributed by atoms with Gasteiger partial charge in [-0.1, -0.05) is 23.7 Å². The van der Waals surface area contributed by atoms with Gasteiger partial charge in [0, 0.05) is 17.6 Å². The Morgan fingerprint density at radius 2 is 2.19 bits per heavy atom. The van der Waals surface area contributed by atoms with Crippen molar-refractivity contribution >= 4 is 11.6 Å². The molecule has 1 rings (SSSR count). The van der Waals surface area contributed by atoms with Crippen LogP contribution >= 0.6 is 11.6 Å². The van der Waals surface area contributed by atoms with E-state index in [0.717, 1.165) is 10.6 Å². The standard InChI is InChI=1S/C13H17ClN2/c1-10(16-9-13(2,3)8-15)11-5-4-6-12(14)7-11/h4-7,10,16H,9H2,1-3H3. The van der Waals surface area contributed by atoms with Crippen molar-refractivity contribution in [1.82, 2.24) is 5.32 Å². The molecular formula is C13H17ClN2. The predicted molar refractivity (Wildman–Crippen MR) is 67.3 cm³/mol. The van der Waals surface area contributed by atoms with E-state index in [4.69, 9.17) is 16.9 Å². The molecule has 0 saturated carbocycles. The number of halogens is 1. The van der Waals surface area contributed by atoms with Crippen LogP contribution in [0.1, 0.15) is 32.4 Å². The molecule has 0 spiro atoms. The van der Waals surface area contributed by atoms with Gasteiger partial charge in [-0.25, -0.2) is 0 Å². The van der Waals surface area contributed by atoms with E-state index < -0.39 is 0 Å². The van der Waals surface area contributed by atoms with Crippen LogP contribution < -0.4 is 5.32 Å². The van der Waals surface area contributed by atoms with Crippen molar-refractivity contribution in [3.63, 3.8) is 0 Å². The highest BCUT2D eigenvalue weighted by Gasteiger charge is 2.17. The highest BCUT2D eigenvalue weighted by Crippen LogP contribution is 2.19. The third-order valence-electron chi connectivity index (χ3n) is 2.50. The molecule has 3 heteroatoms. The lowest BCUT2D eigenvalue weighted by Crippen LogP contribution is -2.30. The molecule has 0 fully saturated rings. The summed E-state index contributed by atoms with van der Waals surface area (Å²) in [7, 11) is 0. The van der Waals surface area contributed by atoms with E-state index in [2.05, 4.69) is 18.3 Å². The summed E-state index contributed by atoms with van der Waals surface area (Å²) in [6.45, 7) is 6.58. The monoisotopic (exact) mass is 236 g/mol. The van der Waals surface area contributed by atoms with Gasteiger partial charge in [-0.3, -0.25) is 0 Å². The Morgan fingerprint density at radius 3 is 2.75 bits per heavy atom. The molecule has 0 aliphatic rings. The molecule has 1 unspecified atom stereocenters. The van der Waals surface area contributed by atoms with Gasteiger partial charge in [0.25, 0.3) is 0 Å². The Hall–Kier alpha value is -1.04. The Morgan fingerprint density at radius 1 is 1.50 bits per heavy atom. The second-order valence-electron chi connectivity index (χ2n) is 4.65. The number of benzene rings is 1. The Bertz CT molecular complexity index is 393. The first-order chi connectivity index (χ1) is 7.44. The number of nitrogens with zero attached hydrogens (tertiary/aromatic N) is 1. The highest BCUT2D eigenvalue weighted by molar-refractivity contribution is 6.30. The van der Waals surface area contributed by atoms with Crippen LogP contribution in [0.2, 0.25) is 5.02 Å². The first kappa shape index (κ1) is 13.0. The first-order valence-corrected chi connectivity index (χ1v) is 5.72. The average Bonchev–Trinajstić information content (AvgIpc) is 2.26. The van der Waals surface area contributed by atoms with Gasteiger partial charge in [-0.2, -0.15) is 5.26 Å². The highest BCUT2D eigenvalue weighted by atomic mass is 35.5. The van der Waals surface area contributed by atoms with E-state index in [9.17, 15) is 0 Å². The van der Waals surface area contributed by atoms with Gasteiger partial charge in [0.2, 0.25) is 0 Å². The normalized spacial score (nSPS) is 13.2. The van der Waals surface area contributed by atoms with Gasteiger partial charge < -0.3 is 5.32 Å². The zero-order valence-corrected chi connectivity index (χ0v) is 10.7. The van der Waals surface area contributed by atoms with Crippen LogP contribution in [0.25, 0.3) is 0 Å². The Kier molecular flexibility index (Phi) is 4.35. The smallest absolute Gasteiger partial charge is 0.0697 e. The third kappa shape index (κ3) is 3.84. The van der Waals surface area contributed by atoms with E-state index in [1.807, 2.05) is 38.1 Å². The van der Waals surface area contributed by atoms with Crippen molar-refractivity contribution in [3.8, 4) is 6.07 Å². The topological polar surface area (TPSA) is 35.8 Å². The lowest BCUT2D eigenvalue weighted by Gasteiger charge is -2.20. The summed E-state index contributed by atoms with van der Waals surface area (Å²) >= 11 is 5.93. The van der Waals surface area contributed by atoms with Gasteiger partial charge in [-0.05, 0) is 38.5 Å². The van der Waals surface area contributed by atoms with E-state index in [0.29, 0.717) is 6.54 Å². The molecule has 1 atom stereocenters. The number of hydrogen-bond donors (Lipinski definition) is 1. The second-order valence-corrected chi connectivity index (χ2v) is 5.09. The SMILES string of the molecule is CC(NCC(C)(C)C#N)c1cccc(Cl)c1. The minimum absolute atomic E-state index is 0.200. The fraction of sp³-hybridized carbons (Fsp3) is 0.462. The van der Waals surface area contributed by atoms with Crippen molar-refractivity contribution in [2.75, 3.05) is 6.54 Å². The molecule has 2 nitrogen and oxygen atoms in total. The summed E-state index contributed by atoms with van der Waals surface area (Å²) in [6.07, 6.45) is 0. The lowest BCUT2D eigenvalue weighted by atomic mass is 9.95. The lowest BCUT2D eigenvalue weighted by molar-refractivity contribution is 0.415. The third-order valence-corrected chi connectivity index (χ3v) is 2.74. The van der Waals surface area contributed by atoms with E-state index in [1.165, 1.54) is 0 Å². The molecule has 0 aliphatic carbocycles. The average molecular weight is 237 g/mol. The predicted octanol–water partition coefficient (Wildman–Crippen LogP) is 3.54. The van der Waals surface area contributed by atoms with E-state index >= 15 is 0 Å². The van der Waals surface area contributed by atoms with Crippen LogP contribution in [0.4, 0.5) is 0 Å².